The Balaban J connectivity index is 1.70. The van der Waals surface area contributed by atoms with Gasteiger partial charge in [0.1, 0.15) is 30.0 Å². The molecule has 7 nitrogen and oxygen atoms in total. The van der Waals surface area contributed by atoms with Gasteiger partial charge in [-0.2, -0.15) is 0 Å². The van der Waals surface area contributed by atoms with E-state index in [9.17, 15) is 5.11 Å². The van der Waals surface area contributed by atoms with Crippen molar-refractivity contribution in [3.8, 4) is 0 Å². The molecule has 0 bridgehead atoms. The van der Waals surface area contributed by atoms with Gasteiger partial charge in [-0.25, -0.2) is 9.98 Å². The van der Waals surface area contributed by atoms with E-state index in [-0.39, 0.29) is 6.73 Å². The highest BCUT2D eigenvalue weighted by Crippen LogP contribution is 2.36. The van der Waals surface area contributed by atoms with Crippen LogP contribution in [0, 0.1) is 0 Å². The second-order valence-corrected chi connectivity index (χ2v) is 8.08. The molecule has 0 unspecified atom stereocenters. The van der Waals surface area contributed by atoms with E-state index in [4.69, 9.17) is 15.7 Å². The fraction of sp³-hybridized carbons (Fsp3) is 0.115. The summed E-state index contributed by atoms with van der Waals surface area (Å²) in [5.74, 6) is 3.17. The van der Waals surface area contributed by atoms with Crippen molar-refractivity contribution in [3.63, 3.8) is 0 Å². The van der Waals surface area contributed by atoms with Crippen LogP contribution >= 0.6 is 0 Å². The summed E-state index contributed by atoms with van der Waals surface area (Å²) in [4.78, 5) is 16.6. The molecule has 0 fully saturated rings. The number of nitrogen functional groups attached to an aromatic ring is 1. The summed E-state index contributed by atoms with van der Waals surface area (Å²) in [5, 5.41) is 11.8. The van der Waals surface area contributed by atoms with Crippen molar-refractivity contribution in [1.82, 2.24) is 9.38 Å². The van der Waals surface area contributed by atoms with Gasteiger partial charge in [0.05, 0.1) is 6.54 Å². The summed E-state index contributed by atoms with van der Waals surface area (Å²) >= 11 is 0. The summed E-state index contributed by atoms with van der Waals surface area (Å²) in [7, 11) is 1.93. The highest BCUT2D eigenvalue weighted by atomic mass is 16.3. The zero-order valence-corrected chi connectivity index (χ0v) is 19.2. The standard InChI is InChI=1S/C26H25BN6O/c1-3-9-20-17(4-2)25(31-24-21-13-8-7-12-19(21)22(28)32(24)15-34)33(27)26(20)30-23-18-11-6-5-10-16(18)14-29-23/h3-13,34H,2,14-15,27-28H2,1H3/b9-3-,30-26-,31-25-. The average molecular weight is 448 g/mol. The molecular formula is C26H25BN6O. The van der Waals surface area contributed by atoms with Crippen molar-refractivity contribution in [2.75, 3.05) is 5.73 Å². The lowest BCUT2D eigenvalue weighted by Gasteiger charge is -2.16. The van der Waals surface area contributed by atoms with Gasteiger partial charge in [-0.15, -0.1) is 0 Å². The second-order valence-electron chi connectivity index (χ2n) is 8.08. The monoisotopic (exact) mass is 448 g/mol. The first-order chi connectivity index (χ1) is 16.6. The number of fused-ring (bicyclic) bond motifs is 2. The summed E-state index contributed by atoms with van der Waals surface area (Å²) in [6.07, 6.45) is 5.77. The molecule has 3 heterocycles. The number of allylic oxidation sites excluding steroid dienone is 1. The average Bonchev–Trinajstić information content (AvgIpc) is 3.47. The van der Waals surface area contributed by atoms with E-state index in [1.165, 1.54) is 5.56 Å². The molecule has 8 heteroatoms. The fourth-order valence-corrected chi connectivity index (χ4v) is 4.49. The van der Waals surface area contributed by atoms with Crippen LogP contribution in [-0.4, -0.2) is 40.0 Å². The molecule has 34 heavy (non-hydrogen) atoms. The summed E-state index contributed by atoms with van der Waals surface area (Å²) in [5.41, 5.74) is 10.3. The molecule has 3 aromatic rings. The van der Waals surface area contributed by atoms with Crippen molar-refractivity contribution in [1.29, 1.82) is 0 Å². The van der Waals surface area contributed by atoms with E-state index in [1.54, 1.807) is 10.6 Å². The van der Waals surface area contributed by atoms with E-state index in [2.05, 4.69) is 17.6 Å². The van der Waals surface area contributed by atoms with E-state index < -0.39 is 0 Å². The normalized spacial score (nSPS) is 18.1. The molecule has 0 radical (unpaired) electrons. The SMILES string of the molecule is BN1/C(=N\c2c3ccccc3c(N)n2CO)C(C=C)=C(/C=C\C)/C1=N/C1=NCc2ccccc21. The van der Waals surface area contributed by atoms with Crippen LogP contribution in [0.1, 0.15) is 18.1 Å². The first-order valence-corrected chi connectivity index (χ1v) is 11.1. The fourth-order valence-electron chi connectivity index (χ4n) is 4.49. The Morgan fingerprint density at radius 3 is 2.53 bits per heavy atom. The molecule has 2 aliphatic rings. The lowest BCUT2D eigenvalue weighted by atomic mass is 10.1. The molecule has 0 saturated heterocycles. The highest BCUT2D eigenvalue weighted by molar-refractivity contribution is 6.40. The van der Waals surface area contributed by atoms with Gasteiger partial charge in [0, 0.05) is 27.5 Å². The Bertz CT molecular complexity index is 1470. The Morgan fingerprint density at radius 1 is 1.09 bits per heavy atom. The van der Waals surface area contributed by atoms with Crippen LogP contribution in [0.4, 0.5) is 11.6 Å². The Hall–Kier alpha value is -4.17. The zero-order valence-electron chi connectivity index (χ0n) is 19.2. The largest absolute Gasteiger partial charge is 0.384 e. The van der Waals surface area contributed by atoms with Gasteiger partial charge in [-0.05, 0) is 12.5 Å². The molecular weight excluding hydrogens is 423 g/mol. The van der Waals surface area contributed by atoms with Crippen molar-refractivity contribution in [2.45, 2.75) is 20.2 Å². The first kappa shape index (κ1) is 21.7. The molecule has 3 N–H and O–H groups in total. The molecule has 0 amide bonds. The smallest absolute Gasteiger partial charge is 0.227 e. The number of hydrogen-bond acceptors (Lipinski definition) is 5. The van der Waals surface area contributed by atoms with Crippen LogP contribution in [0.25, 0.3) is 10.8 Å². The predicted molar refractivity (Wildman–Crippen MR) is 142 cm³/mol. The number of hydrogen-bond donors (Lipinski definition) is 2. The minimum Gasteiger partial charge on any atom is -0.384 e. The van der Waals surface area contributed by atoms with Crippen LogP contribution in [0.2, 0.25) is 0 Å². The third kappa shape index (κ3) is 3.31. The Morgan fingerprint density at radius 2 is 1.79 bits per heavy atom. The number of aliphatic hydroxyl groups is 1. The van der Waals surface area contributed by atoms with Crippen molar-refractivity contribution in [3.05, 3.63) is 95.6 Å². The number of benzene rings is 2. The number of anilines is 1. The first-order valence-electron chi connectivity index (χ1n) is 11.1. The Kier molecular flexibility index (Phi) is 5.51. The molecule has 5 rings (SSSR count). The van der Waals surface area contributed by atoms with Crippen LogP contribution in [0.5, 0.6) is 0 Å². The molecule has 0 atom stereocenters. The van der Waals surface area contributed by atoms with Gasteiger partial charge in [-0.3, -0.25) is 9.56 Å². The van der Waals surface area contributed by atoms with Crippen molar-refractivity contribution >= 4 is 47.9 Å². The zero-order chi connectivity index (χ0) is 23.8. The molecule has 2 aliphatic heterocycles. The number of rotatable bonds is 4. The van der Waals surface area contributed by atoms with Crippen LogP contribution in [-0.2, 0) is 13.3 Å². The number of aliphatic imine (C=N–C) groups is 3. The predicted octanol–water partition coefficient (Wildman–Crippen LogP) is 3.48. The molecule has 0 aliphatic carbocycles. The van der Waals surface area contributed by atoms with Gasteiger partial charge >= 0.3 is 0 Å². The third-order valence-electron chi connectivity index (χ3n) is 6.16. The number of nitrogens with zero attached hydrogens (tertiary/aromatic N) is 5. The lowest BCUT2D eigenvalue weighted by Crippen LogP contribution is -2.30. The molecule has 2 aromatic carbocycles. The van der Waals surface area contributed by atoms with Crippen molar-refractivity contribution in [2.24, 2.45) is 15.0 Å². The second kappa shape index (κ2) is 8.65. The van der Waals surface area contributed by atoms with Crippen molar-refractivity contribution < 1.29 is 5.11 Å². The third-order valence-corrected chi connectivity index (χ3v) is 6.16. The number of aromatic nitrogens is 1. The van der Waals surface area contributed by atoms with Gasteiger partial charge in [0.25, 0.3) is 0 Å². The van der Waals surface area contributed by atoms with E-state index in [1.807, 2.05) is 74.3 Å². The maximum Gasteiger partial charge on any atom is 0.227 e. The number of amidine groups is 3. The van der Waals surface area contributed by atoms with Crippen LogP contribution in [0.15, 0.2) is 99.5 Å². The van der Waals surface area contributed by atoms with Crippen LogP contribution < -0.4 is 5.73 Å². The van der Waals surface area contributed by atoms with E-state index >= 15 is 0 Å². The summed E-state index contributed by atoms with van der Waals surface area (Å²) in [6, 6.07) is 15.9. The quantitative estimate of drug-likeness (QED) is 0.599. The number of nitrogens with two attached hydrogens (primary N) is 1. The van der Waals surface area contributed by atoms with Gasteiger partial charge < -0.3 is 15.7 Å². The topological polar surface area (TPSA) is 91.5 Å². The molecule has 1 aromatic heterocycles. The minimum absolute atomic E-state index is 0.278. The van der Waals surface area contributed by atoms with E-state index in [0.29, 0.717) is 29.9 Å². The minimum atomic E-state index is -0.278. The van der Waals surface area contributed by atoms with Crippen LogP contribution in [0.3, 0.4) is 0 Å². The summed E-state index contributed by atoms with van der Waals surface area (Å²) in [6.45, 7) is 6.36. The molecule has 0 spiro atoms. The summed E-state index contributed by atoms with van der Waals surface area (Å²) < 4.78 is 1.61. The highest BCUT2D eigenvalue weighted by Gasteiger charge is 2.31. The Labute approximate surface area is 199 Å². The van der Waals surface area contributed by atoms with Gasteiger partial charge in [0.15, 0.2) is 5.84 Å². The maximum atomic E-state index is 10.1. The van der Waals surface area contributed by atoms with E-state index in [0.717, 1.165) is 33.3 Å². The lowest BCUT2D eigenvalue weighted by molar-refractivity contribution is 0.215. The maximum absolute atomic E-state index is 10.1. The number of aliphatic hydroxyl groups excluding tert-OH is 1. The van der Waals surface area contributed by atoms with Gasteiger partial charge in [0.2, 0.25) is 7.98 Å². The van der Waals surface area contributed by atoms with Gasteiger partial charge in [-0.1, -0.05) is 73.3 Å². The molecule has 168 valence electrons. The molecule has 0 saturated carbocycles.